The number of Topliss-reactive ketones (excluding diaryl/α,β-unsaturated/α-hetero) is 1. The molecule has 4 rings (SSSR count). The molecule has 0 N–H and O–H groups in total. The average molecular weight is 472 g/mol. The van der Waals surface area contributed by atoms with Gasteiger partial charge in [0.2, 0.25) is 0 Å². The van der Waals surface area contributed by atoms with Gasteiger partial charge in [0.15, 0.2) is 10.9 Å². The average Bonchev–Trinajstić information content (AvgIpc) is 3.00. The molecule has 0 unspecified atom stereocenters. The van der Waals surface area contributed by atoms with Crippen LogP contribution in [0.25, 0.3) is 16.6 Å². The van der Waals surface area contributed by atoms with Crippen molar-refractivity contribution in [3.8, 4) is 5.69 Å². The van der Waals surface area contributed by atoms with Gasteiger partial charge in [-0.1, -0.05) is 35.0 Å². The van der Waals surface area contributed by atoms with Crippen molar-refractivity contribution in [1.29, 1.82) is 0 Å². The summed E-state index contributed by atoms with van der Waals surface area (Å²) in [4.78, 5) is 30.9. The molecule has 0 amide bonds. The lowest BCUT2D eigenvalue weighted by Gasteiger charge is -2.13. The van der Waals surface area contributed by atoms with Gasteiger partial charge in [0.25, 0.3) is 5.56 Å². The van der Waals surface area contributed by atoms with Gasteiger partial charge in [0.05, 0.1) is 22.3 Å². The number of carbonyl (C=O) groups is 1. The van der Waals surface area contributed by atoms with E-state index >= 15 is 0 Å². The molecule has 0 radical (unpaired) electrons. The lowest BCUT2D eigenvalue weighted by atomic mass is 10.2. The van der Waals surface area contributed by atoms with Crippen LogP contribution in [0.1, 0.15) is 21.7 Å². The third-order valence-electron chi connectivity index (χ3n) is 5.29. The van der Waals surface area contributed by atoms with Gasteiger partial charge < -0.3 is 4.57 Å². The van der Waals surface area contributed by atoms with Crippen LogP contribution < -0.4 is 5.56 Å². The molecule has 0 aliphatic carbocycles. The molecule has 0 saturated carbocycles. The topological polar surface area (TPSA) is 56.9 Å². The predicted molar refractivity (Wildman–Crippen MR) is 127 cm³/mol. The first-order valence-corrected chi connectivity index (χ1v) is 11.3. The Kier molecular flexibility index (Phi) is 5.97. The molecule has 31 heavy (non-hydrogen) atoms. The summed E-state index contributed by atoms with van der Waals surface area (Å²) in [6.07, 6.45) is 0. The number of halogens is 2. The van der Waals surface area contributed by atoms with Crippen molar-refractivity contribution < 1.29 is 4.79 Å². The molecular weight excluding hydrogens is 453 g/mol. The molecule has 0 saturated heterocycles. The Labute approximate surface area is 193 Å². The second-order valence-corrected chi connectivity index (χ2v) is 9.04. The molecule has 0 fully saturated rings. The van der Waals surface area contributed by atoms with Gasteiger partial charge in [0.1, 0.15) is 0 Å². The number of aromatic nitrogens is 3. The molecule has 158 valence electrons. The van der Waals surface area contributed by atoms with Gasteiger partial charge in [-0.2, -0.15) is 0 Å². The monoisotopic (exact) mass is 471 g/mol. The summed E-state index contributed by atoms with van der Waals surface area (Å²) in [7, 11) is 1.93. The molecule has 0 spiro atoms. The summed E-state index contributed by atoms with van der Waals surface area (Å²) in [6.45, 7) is 3.88. The van der Waals surface area contributed by atoms with Crippen LogP contribution in [0.2, 0.25) is 10.0 Å². The standard InChI is InChI=1S/C23H19Cl2N3O2S/c1-13-10-19(14(2)27(13)3)21(29)12-31-23-26-20-11-16(25)6-9-18(20)22(30)28(23)17-7-4-15(24)5-8-17/h4-11H,12H2,1-3H3. The van der Waals surface area contributed by atoms with Crippen LogP contribution in [0.4, 0.5) is 0 Å². The third-order valence-corrected chi connectivity index (χ3v) is 6.72. The molecule has 8 heteroatoms. The summed E-state index contributed by atoms with van der Waals surface area (Å²) in [5.74, 6) is 0.130. The maximum Gasteiger partial charge on any atom is 0.266 e. The number of benzene rings is 2. The third kappa shape index (κ3) is 4.15. The lowest BCUT2D eigenvalue weighted by Crippen LogP contribution is -2.22. The van der Waals surface area contributed by atoms with Gasteiger partial charge in [-0.15, -0.1) is 0 Å². The zero-order valence-corrected chi connectivity index (χ0v) is 19.5. The largest absolute Gasteiger partial charge is 0.351 e. The molecule has 4 aromatic rings. The first kappa shape index (κ1) is 21.7. The number of fused-ring (bicyclic) bond motifs is 1. The fourth-order valence-corrected chi connectivity index (χ4v) is 4.59. The highest BCUT2D eigenvalue weighted by Gasteiger charge is 2.18. The molecule has 5 nitrogen and oxygen atoms in total. The molecule has 0 aliphatic rings. The zero-order valence-electron chi connectivity index (χ0n) is 17.1. The van der Waals surface area contributed by atoms with E-state index in [9.17, 15) is 9.59 Å². The fourth-order valence-electron chi connectivity index (χ4n) is 3.40. The van der Waals surface area contributed by atoms with E-state index in [1.54, 1.807) is 42.5 Å². The van der Waals surface area contributed by atoms with E-state index in [2.05, 4.69) is 4.98 Å². The zero-order chi connectivity index (χ0) is 22.3. The van der Waals surface area contributed by atoms with E-state index in [4.69, 9.17) is 23.2 Å². The van der Waals surface area contributed by atoms with Crippen molar-refractivity contribution in [3.05, 3.63) is 85.9 Å². The van der Waals surface area contributed by atoms with E-state index in [-0.39, 0.29) is 17.1 Å². The molecule has 0 bridgehead atoms. The Bertz CT molecular complexity index is 1370. The van der Waals surface area contributed by atoms with Crippen molar-refractivity contribution >= 4 is 51.6 Å². The molecular formula is C23H19Cl2N3O2S. The van der Waals surface area contributed by atoms with Crippen molar-refractivity contribution in [2.45, 2.75) is 19.0 Å². The van der Waals surface area contributed by atoms with Crippen LogP contribution >= 0.6 is 35.0 Å². The van der Waals surface area contributed by atoms with E-state index < -0.39 is 0 Å². The van der Waals surface area contributed by atoms with E-state index in [0.717, 1.165) is 11.4 Å². The molecule has 0 atom stereocenters. The summed E-state index contributed by atoms with van der Waals surface area (Å²) in [5, 5.41) is 1.92. The number of thioether (sulfide) groups is 1. The van der Waals surface area contributed by atoms with Crippen LogP contribution in [-0.2, 0) is 7.05 Å². The van der Waals surface area contributed by atoms with Crippen molar-refractivity contribution in [2.24, 2.45) is 7.05 Å². The highest BCUT2D eigenvalue weighted by Crippen LogP contribution is 2.25. The van der Waals surface area contributed by atoms with E-state index in [1.807, 2.05) is 31.5 Å². The smallest absolute Gasteiger partial charge is 0.266 e. The molecule has 2 aromatic heterocycles. The number of ketones is 1. The highest BCUT2D eigenvalue weighted by molar-refractivity contribution is 7.99. The number of hydrogen-bond donors (Lipinski definition) is 0. The number of rotatable bonds is 5. The Hall–Kier alpha value is -2.54. The first-order chi connectivity index (χ1) is 14.8. The van der Waals surface area contributed by atoms with Crippen LogP contribution in [0, 0.1) is 13.8 Å². The van der Waals surface area contributed by atoms with E-state index in [0.29, 0.717) is 37.4 Å². The van der Waals surface area contributed by atoms with Crippen molar-refractivity contribution in [1.82, 2.24) is 14.1 Å². The fraction of sp³-hybridized carbons (Fsp3) is 0.174. The highest BCUT2D eigenvalue weighted by atomic mass is 35.5. The lowest BCUT2D eigenvalue weighted by molar-refractivity contribution is 0.102. The Morgan fingerprint density at radius 3 is 2.35 bits per heavy atom. The number of hydrogen-bond acceptors (Lipinski definition) is 4. The molecule has 2 aromatic carbocycles. The summed E-state index contributed by atoms with van der Waals surface area (Å²) < 4.78 is 3.49. The summed E-state index contributed by atoms with van der Waals surface area (Å²) in [5.41, 5.74) is 3.49. The molecule has 0 aliphatic heterocycles. The van der Waals surface area contributed by atoms with Gasteiger partial charge in [-0.05, 0) is 62.4 Å². The van der Waals surface area contributed by atoms with Crippen LogP contribution in [0.15, 0.2) is 58.5 Å². The normalized spacial score (nSPS) is 11.3. The Morgan fingerprint density at radius 2 is 1.71 bits per heavy atom. The second-order valence-electron chi connectivity index (χ2n) is 7.23. The van der Waals surface area contributed by atoms with Crippen LogP contribution in [0.3, 0.4) is 0 Å². The SMILES string of the molecule is Cc1cc(C(=O)CSc2nc3cc(Cl)ccc3c(=O)n2-c2ccc(Cl)cc2)c(C)n1C. The predicted octanol–water partition coefficient (Wildman–Crippen LogP) is 5.62. The minimum absolute atomic E-state index is 0.0192. The maximum atomic E-state index is 13.3. The van der Waals surface area contributed by atoms with Crippen molar-refractivity contribution in [2.75, 3.05) is 5.75 Å². The van der Waals surface area contributed by atoms with Crippen LogP contribution in [0.5, 0.6) is 0 Å². The van der Waals surface area contributed by atoms with Gasteiger partial charge >= 0.3 is 0 Å². The molecule has 2 heterocycles. The Balaban J connectivity index is 1.79. The number of carbonyl (C=O) groups excluding carboxylic acids is 1. The summed E-state index contributed by atoms with van der Waals surface area (Å²) in [6, 6.07) is 13.8. The van der Waals surface area contributed by atoms with E-state index in [1.165, 1.54) is 16.3 Å². The quantitative estimate of drug-likeness (QED) is 0.215. The first-order valence-electron chi connectivity index (χ1n) is 9.53. The number of aryl methyl sites for hydroxylation is 1. The minimum atomic E-state index is -0.231. The second kappa shape index (κ2) is 8.54. The van der Waals surface area contributed by atoms with Gasteiger partial charge in [-0.3, -0.25) is 14.2 Å². The maximum absolute atomic E-state index is 13.3. The van der Waals surface area contributed by atoms with Gasteiger partial charge in [0, 0.05) is 34.0 Å². The Morgan fingerprint density at radius 1 is 1.03 bits per heavy atom. The van der Waals surface area contributed by atoms with Gasteiger partial charge in [-0.25, -0.2) is 4.98 Å². The van der Waals surface area contributed by atoms with Crippen LogP contribution in [-0.4, -0.2) is 25.7 Å². The number of nitrogens with zero attached hydrogens (tertiary/aromatic N) is 3. The summed E-state index contributed by atoms with van der Waals surface area (Å²) >= 11 is 13.4. The van der Waals surface area contributed by atoms with Crippen molar-refractivity contribution in [3.63, 3.8) is 0 Å². The minimum Gasteiger partial charge on any atom is -0.351 e.